The average Bonchev–Trinajstić information content (AvgIpc) is 2.33. The van der Waals surface area contributed by atoms with Crippen LogP contribution in [-0.4, -0.2) is 18.8 Å². The van der Waals surface area contributed by atoms with Crippen molar-refractivity contribution in [2.45, 2.75) is 6.04 Å². The number of fused-ring (bicyclic) bond motifs is 1. The molecule has 2 heterocycles. The lowest BCUT2D eigenvalue weighted by Crippen LogP contribution is -2.34. The first kappa shape index (κ1) is 7.53. The van der Waals surface area contributed by atoms with E-state index in [1.807, 2.05) is 12.3 Å². The maximum absolute atomic E-state index is 4.08. The van der Waals surface area contributed by atoms with E-state index < -0.39 is 0 Å². The minimum atomic E-state index is 0. The second-order valence-electron chi connectivity index (χ2n) is 2.08. The topological polar surface area (TPSA) is 48.5 Å². The number of halogens is 1. The molecule has 2 rings (SSSR count). The predicted molar refractivity (Wildman–Crippen MR) is 41.9 cm³/mol. The summed E-state index contributed by atoms with van der Waals surface area (Å²) in [7, 11) is 0. The largest absolute Gasteiger partial charge is 0.311 e. The smallest absolute Gasteiger partial charge is 0.0835 e. The van der Waals surface area contributed by atoms with Gasteiger partial charge < -0.3 is 5.43 Å². The molecule has 0 aromatic rings. The zero-order valence-electron chi connectivity index (χ0n) is 5.29. The molecule has 0 bridgehead atoms. The zero-order chi connectivity index (χ0) is 6.10. The van der Waals surface area contributed by atoms with Gasteiger partial charge in [0.15, 0.2) is 0 Å². The van der Waals surface area contributed by atoms with Crippen molar-refractivity contribution in [3.63, 3.8) is 0 Å². The van der Waals surface area contributed by atoms with Crippen molar-refractivity contribution in [3.8, 4) is 0 Å². The van der Waals surface area contributed by atoms with Crippen molar-refractivity contribution in [2.24, 2.45) is 4.99 Å². The summed E-state index contributed by atoms with van der Waals surface area (Å²) in [6.07, 6.45) is 3.77. The summed E-state index contributed by atoms with van der Waals surface area (Å²) in [6, 6.07) is 0.356. The minimum Gasteiger partial charge on any atom is -0.311 e. The third-order valence-corrected chi connectivity index (χ3v) is 1.48. The summed E-state index contributed by atoms with van der Waals surface area (Å²) in [6.45, 7) is 0.825. The van der Waals surface area contributed by atoms with E-state index in [1.54, 1.807) is 0 Å². The van der Waals surface area contributed by atoms with Gasteiger partial charge in [-0.25, -0.2) is 5.43 Å². The maximum atomic E-state index is 4.08. The molecule has 0 aromatic carbocycles. The fourth-order valence-corrected chi connectivity index (χ4v) is 0.961. The molecule has 4 nitrogen and oxygen atoms in total. The number of rotatable bonds is 0. The second-order valence-corrected chi connectivity index (χ2v) is 2.08. The van der Waals surface area contributed by atoms with E-state index in [0.29, 0.717) is 6.04 Å². The summed E-state index contributed by atoms with van der Waals surface area (Å²) in [5, 5.41) is 0. The highest BCUT2D eigenvalue weighted by atomic mass is 35.5. The van der Waals surface area contributed by atoms with Crippen LogP contribution >= 0.6 is 12.4 Å². The fraction of sp³-hybridized carbons (Fsp3) is 0.400. The summed E-state index contributed by atoms with van der Waals surface area (Å²) in [5.74, 6) is 0. The molecule has 0 saturated carbocycles. The van der Waals surface area contributed by atoms with Crippen molar-refractivity contribution in [1.29, 1.82) is 0 Å². The van der Waals surface area contributed by atoms with Crippen LogP contribution < -0.4 is 16.4 Å². The van der Waals surface area contributed by atoms with Crippen LogP contribution in [0.2, 0.25) is 0 Å². The lowest BCUT2D eigenvalue weighted by atomic mass is 10.2. The first-order chi connectivity index (χ1) is 4.47. The van der Waals surface area contributed by atoms with Gasteiger partial charge >= 0.3 is 0 Å². The molecular weight excluding hydrogens is 152 g/mol. The van der Waals surface area contributed by atoms with Crippen molar-refractivity contribution >= 4 is 18.6 Å². The highest BCUT2D eigenvalue weighted by molar-refractivity contribution is 5.85. The highest BCUT2D eigenvalue weighted by Crippen LogP contribution is 2.04. The van der Waals surface area contributed by atoms with E-state index in [0.717, 1.165) is 6.54 Å². The van der Waals surface area contributed by atoms with Gasteiger partial charge in [-0.15, -0.1) is 12.4 Å². The Morgan fingerprint density at radius 1 is 1.60 bits per heavy atom. The molecule has 0 amide bonds. The Morgan fingerprint density at radius 3 is 3.30 bits per heavy atom. The molecule has 2 aliphatic rings. The number of dihydropyridines is 1. The molecule has 1 fully saturated rings. The molecule has 56 valence electrons. The van der Waals surface area contributed by atoms with Crippen LogP contribution in [-0.2, 0) is 0 Å². The van der Waals surface area contributed by atoms with Gasteiger partial charge in [-0.05, 0) is 6.08 Å². The molecule has 5 heteroatoms. The van der Waals surface area contributed by atoms with Crippen LogP contribution in [0.5, 0.6) is 0 Å². The van der Waals surface area contributed by atoms with Gasteiger partial charge in [-0.1, -0.05) is 0 Å². The van der Waals surface area contributed by atoms with E-state index >= 15 is 0 Å². The number of allylic oxidation sites excluding steroid dienone is 1. The summed E-state index contributed by atoms with van der Waals surface area (Å²) >= 11 is 0. The van der Waals surface area contributed by atoms with Crippen LogP contribution in [0, 0.1) is 0 Å². The summed E-state index contributed by atoms with van der Waals surface area (Å²) in [5.41, 5.74) is 9.97. The maximum Gasteiger partial charge on any atom is 0.0835 e. The van der Waals surface area contributed by atoms with E-state index in [2.05, 4.69) is 21.4 Å². The van der Waals surface area contributed by atoms with Gasteiger partial charge in [-0.3, -0.25) is 4.99 Å². The Hall–Kier alpha value is -0.580. The van der Waals surface area contributed by atoms with Crippen LogP contribution in [0.4, 0.5) is 0 Å². The lowest BCUT2D eigenvalue weighted by molar-refractivity contribution is 0.548. The van der Waals surface area contributed by atoms with Crippen molar-refractivity contribution < 1.29 is 0 Å². The van der Waals surface area contributed by atoms with E-state index in [1.165, 1.54) is 5.70 Å². The van der Waals surface area contributed by atoms with E-state index in [-0.39, 0.29) is 12.4 Å². The Balaban J connectivity index is 0.000000500. The molecule has 0 aliphatic carbocycles. The second kappa shape index (κ2) is 3.01. The lowest BCUT2D eigenvalue weighted by Gasteiger charge is -2.08. The van der Waals surface area contributed by atoms with Gasteiger partial charge in [0.2, 0.25) is 0 Å². The van der Waals surface area contributed by atoms with Gasteiger partial charge in [0.05, 0.1) is 12.6 Å². The van der Waals surface area contributed by atoms with E-state index in [9.17, 15) is 0 Å². The predicted octanol–water partition coefficient (Wildman–Crippen LogP) is -0.642. The molecule has 1 saturated heterocycles. The van der Waals surface area contributed by atoms with Gasteiger partial charge in [0, 0.05) is 11.9 Å². The number of hydrazine groups is 2. The van der Waals surface area contributed by atoms with Gasteiger partial charge in [0.25, 0.3) is 0 Å². The number of aliphatic imine (C=N–C) groups is 1. The Kier molecular flexibility index (Phi) is 2.26. The zero-order valence-corrected chi connectivity index (χ0v) is 6.11. The van der Waals surface area contributed by atoms with Crippen molar-refractivity contribution in [3.05, 3.63) is 11.8 Å². The number of nitrogens with one attached hydrogen (secondary N) is 3. The standard InChI is InChI=1S/C5H8N4.ClH/c1-2-6-3-5-4(1)7-9-8-5;/h1-2,5,7-9H,3H2;1H. The van der Waals surface area contributed by atoms with Crippen molar-refractivity contribution in [2.75, 3.05) is 6.54 Å². The molecular formula is C5H9ClN4. The Bertz CT molecular complexity index is 176. The minimum absolute atomic E-state index is 0. The molecule has 0 radical (unpaired) electrons. The van der Waals surface area contributed by atoms with Crippen LogP contribution in [0.25, 0.3) is 0 Å². The third kappa shape index (κ3) is 1.13. The molecule has 0 spiro atoms. The number of hydrogen-bond donors (Lipinski definition) is 3. The first-order valence-corrected chi connectivity index (χ1v) is 2.93. The number of nitrogens with zero attached hydrogens (tertiary/aromatic N) is 1. The monoisotopic (exact) mass is 160 g/mol. The number of hydrogen-bond acceptors (Lipinski definition) is 4. The third-order valence-electron chi connectivity index (χ3n) is 1.48. The normalized spacial score (nSPS) is 28.0. The molecule has 2 aliphatic heterocycles. The van der Waals surface area contributed by atoms with Crippen LogP contribution in [0.15, 0.2) is 16.8 Å². The summed E-state index contributed by atoms with van der Waals surface area (Å²) < 4.78 is 0. The molecule has 1 unspecified atom stereocenters. The molecule has 10 heavy (non-hydrogen) atoms. The van der Waals surface area contributed by atoms with Crippen LogP contribution in [0.3, 0.4) is 0 Å². The SMILES string of the molecule is C1=NCC2NNNC2=C1.Cl. The summed E-state index contributed by atoms with van der Waals surface area (Å²) in [4.78, 5) is 4.08. The molecule has 1 atom stereocenters. The average molecular weight is 161 g/mol. The molecule has 0 aromatic heterocycles. The van der Waals surface area contributed by atoms with E-state index in [4.69, 9.17) is 0 Å². The van der Waals surface area contributed by atoms with Gasteiger partial charge in [0.1, 0.15) is 0 Å². The van der Waals surface area contributed by atoms with Crippen LogP contribution in [0.1, 0.15) is 0 Å². The molecule has 3 N–H and O–H groups in total. The highest BCUT2D eigenvalue weighted by Gasteiger charge is 2.19. The first-order valence-electron chi connectivity index (χ1n) is 2.93. The quantitative estimate of drug-likeness (QED) is 0.442. The van der Waals surface area contributed by atoms with Gasteiger partial charge in [-0.2, -0.15) is 5.53 Å². The fourth-order valence-electron chi connectivity index (χ4n) is 0.961. The van der Waals surface area contributed by atoms with Crippen molar-refractivity contribution in [1.82, 2.24) is 16.4 Å². The Morgan fingerprint density at radius 2 is 2.50 bits per heavy atom. The Labute approximate surface area is 65.1 Å².